The van der Waals surface area contributed by atoms with Crippen LogP contribution in [-0.2, 0) is 11.8 Å². The van der Waals surface area contributed by atoms with Gasteiger partial charge in [-0.15, -0.1) is 10.2 Å². The molecule has 0 aliphatic carbocycles. The summed E-state index contributed by atoms with van der Waals surface area (Å²) in [4.78, 5) is 16.5. The summed E-state index contributed by atoms with van der Waals surface area (Å²) in [6, 6.07) is 12.6. The number of thioether (sulfide) groups is 1. The van der Waals surface area contributed by atoms with Crippen molar-refractivity contribution in [2.24, 2.45) is 7.05 Å². The van der Waals surface area contributed by atoms with E-state index in [2.05, 4.69) is 25.7 Å². The molecule has 4 rings (SSSR count). The Bertz CT molecular complexity index is 1190. The third-order valence-corrected chi connectivity index (χ3v) is 5.25. The minimum atomic E-state index is -0.350. The maximum absolute atomic E-state index is 13.1. The van der Waals surface area contributed by atoms with Gasteiger partial charge >= 0.3 is 0 Å². The number of hydrogen-bond acceptors (Lipinski definition) is 7. The van der Waals surface area contributed by atoms with Gasteiger partial charge in [0.05, 0.1) is 5.75 Å². The van der Waals surface area contributed by atoms with Gasteiger partial charge in [0.25, 0.3) is 5.89 Å². The van der Waals surface area contributed by atoms with E-state index < -0.39 is 0 Å². The fraction of sp³-hybridized carbons (Fsp3) is 0.105. The molecule has 0 spiro atoms. The van der Waals surface area contributed by atoms with Crippen molar-refractivity contribution in [3.05, 3.63) is 59.4 Å². The first-order valence-electron chi connectivity index (χ1n) is 8.67. The molecule has 8 nitrogen and oxygen atoms in total. The van der Waals surface area contributed by atoms with E-state index >= 15 is 0 Å². The van der Waals surface area contributed by atoms with Crippen molar-refractivity contribution in [2.45, 2.75) is 5.16 Å². The van der Waals surface area contributed by atoms with Gasteiger partial charge in [-0.1, -0.05) is 34.6 Å². The van der Waals surface area contributed by atoms with Crippen LogP contribution in [0.15, 0.2) is 58.2 Å². The predicted molar refractivity (Wildman–Crippen MR) is 110 cm³/mol. The van der Waals surface area contributed by atoms with Crippen LogP contribution in [0.3, 0.4) is 0 Å². The average molecular weight is 445 g/mol. The number of carbonyl (C=O) groups is 1. The molecule has 0 fully saturated rings. The number of rotatable bonds is 6. The number of carbonyl (C=O) groups excluding carboxylic acids is 1. The van der Waals surface area contributed by atoms with Gasteiger partial charge in [-0.3, -0.25) is 4.79 Å². The van der Waals surface area contributed by atoms with Gasteiger partial charge in [-0.25, -0.2) is 4.39 Å². The van der Waals surface area contributed by atoms with Crippen LogP contribution in [0.4, 0.5) is 10.1 Å². The first kappa shape index (κ1) is 20.0. The van der Waals surface area contributed by atoms with Crippen LogP contribution in [0, 0.1) is 5.82 Å². The second kappa shape index (κ2) is 8.64. The number of nitrogens with zero attached hydrogens (tertiary/aromatic N) is 5. The topological polar surface area (TPSA) is 98.7 Å². The number of hydrogen-bond donors (Lipinski definition) is 1. The van der Waals surface area contributed by atoms with Crippen LogP contribution in [-0.4, -0.2) is 36.6 Å². The van der Waals surface area contributed by atoms with E-state index in [9.17, 15) is 9.18 Å². The van der Waals surface area contributed by atoms with Crippen LogP contribution in [0.25, 0.3) is 23.1 Å². The molecule has 30 heavy (non-hydrogen) atoms. The minimum absolute atomic E-state index is 0.128. The van der Waals surface area contributed by atoms with E-state index in [1.54, 1.807) is 48.0 Å². The van der Waals surface area contributed by atoms with E-state index in [1.165, 1.54) is 23.9 Å². The summed E-state index contributed by atoms with van der Waals surface area (Å²) in [6.45, 7) is 0. The van der Waals surface area contributed by atoms with Crippen LogP contribution in [0.2, 0.25) is 5.02 Å². The molecule has 0 bridgehead atoms. The molecular weight excluding hydrogens is 431 g/mol. The number of nitrogens with one attached hydrogen (secondary N) is 1. The standard InChI is InChI=1S/C19H14ClFN6O2S/c1-27-17(18-23-16(26-29-18)11-5-7-13(21)8-6-11)24-25-19(27)30-10-15(28)22-14-4-2-3-12(20)9-14/h2-9H,10H2,1H3,(H,22,28). The lowest BCUT2D eigenvalue weighted by Gasteiger charge is -2.05. The van der Waals surface area contributed by atoms with Crippen LogP contribution in [0.5, 0.6) is 0 Å². The molecule has 1 amide bonds. The SMILES string of the molecule is Cn1c(SCC(=O)Nc2cccc(Cl)c2)nnc1-c1nc(-c2ccc(F)cc2)no1. The van der Waals surface area contributed by atoms with Gasteiger partial charge in [0.15, 0.2) is 5.16 Å². The fourth-order valence-corrected chi connectivity index (χ4v) is 3.45. The number of amides is 1. The number of benzene rings is 2. The molecule has 0 unspecified atom stereocenters. The Morgan fingerprint density at radius 2 is 2.03 bits per heavy atom. The molecule has 11 heteroatoms. The Balaban J connectivity index is 1.42. The van der Waals surface area contributed by atoms with Crippen LogP contribution in [0.1, 0.15) is 0 Å². The molecule has 2 aromatic heterocycles. The highest BCUT2D eigenvalue weighted by molar-refractivity contribution is 7.99. The molecule has 0 aliphatic rings. The second-order valence-corrected chi connectivity index (χ2v) is 7.52. The van der Waals surface area contributed by atoms with E-state index in [-0.39, 0.29) is 23.4 Å². The molecule has 0 atom stereocenters. The Labute approximate surface area is 179 Å². The lowest BCUT2D eigenvalue weighted by Crippen LogP contribution is -2.14. The Hall–Kier alpha value is -3.24. The molecule has 2 aromatic carbocycles. The molecule has 0 radical (unpaired) electrons. The summed E-state index contributed by atoms with van der Waals surface area (Å²) in [5, 5.41) is 15.9. The maximum atomic E-state index is 13.1. The van der Waals surface area contributed by atoms with Crippen molar-refractivity contribution in [2.75, 3.05) is 11.1 Å². The Morgan fingerprint density at radius 3 is 2.80 bits per heavy atom. The highest BCUT2D eigenvalue weighted by Gasteiger charge is 2.19. The quantitative estimate of drug-likeness (QED) is 0.448. The number of halogens is 2. The highest BCUT2D eigenvalue weighted by atomic mass is 35.5. The number of anilines is 1. The van der Waals surface area contributed by atoms with Crippen molar-refractivity contribution in [3.8, 4) is 23.1 Å². The molecule has 1 N–H and O–H groups in total. The second-order valence-electron chi connectivity index (χ2n) is 6.14. The van der Waals surface area contributed by atoms with Crippen molar-refractivity contribution >= 4 is 35.0 Å². The van der Waals surface area contributed by atoms with Gasteiger partial charge in [0.2, 0.25) is 17.6 Å². The van der Waals surface area contributed by atoms with Gasteiger partial charge in [0, 0.05) is 23.3 Å². The molecule has 2 heterocycles. The zero-order chi connectivity index (χ0) is 21.1. The van der Waals surface area contributed by atoms with Crippen molar-refractivity contribution in [1.82, 2.24) is 24.9 Å². The summed E-state index contributed by atoms with van der Waals surface area (Å²) in [5.41, 5.74) is 1.23. The van der Waals surface area contributed by atoms with Gasteiger partial charge in [-0.05, 0) is 42.5 Å². The summed E-state index contributed by atoms with van der Waals surface area (Å²) in [5.74, 6) is 0.402. The zero-order valence-electron chi connectivity index (χ0n) is 15.5. The van der Waals surface area contributed by atoms with E-state index in [1.807, 2.05) is 0 Å². The zero-order valence-corrected chi connectivity index (χ0v) is 17.1. The van der Waals surface area contributed by atoms with E-state index in [0.717, 1.165) is 0 Å². The molecule has 0 saturated carbocycles. The van der Waals surface area contributed by atoms with E-state index in [4.69, 9.17) is 16.1 Å². The first-order valence-corrected chi connectivity index (χ1v) is 10.0. The van der Waals surface area contributed by atoms with Crippen LogP contribution < -0.4 is 5.32 Å². The predicted octanol–water partition coefficient (Wildman–Crippen LogP) is 4.06. The maximum Gasteiger partial charge on any atom is 0.296 e. The monoisotopic (exact) mass is 444 g/mol. The smallest absolute Gasteiger partial charge is 0.296 e. The Morgan fingerprint density at radius 1 is 1.23 bits per heavy atom. The fourth-order valence-electron chi connectivity index (χ4n) is 2.55. The third kappa shape index (κ3) is 4.50. The molecule has 152 valence electrons. The molecule has 4 aromatic rings. The Kier molecular flexibility index (Phi) is 5.77. The molecule has 0 aliphatic heterocycles. The minimum Gasteiger partial charge on any atom is -0.330 e. The first-order chi connectivity index (χ1) is 14.5. The van der Waals surface area contributed by atoms with Crippen molar-refractivity contribution in [3.63, 3.8) is 0 Å². The van der Waals surface area contributed by atoms with Gasteiger partial charge in [0.1, 0.15) is 5.82 Å². The molecule has 0 saturated heterocycles. The molecular formula is C19H14ClFN6O2S. The average Bonchev–Trinajstić information content (AvgIpc) is 3.34. The summed E-state index contributed by atoms with van der Waals surface area (Å²) >= 11 is 7.13. The van der Waals surface area contributed by atoms with Crippen molar-refractivity contribution in [1.29, 1.82) is 0 Å². The third-order valence-electron chi connectivity index (χ3n) is 4.00. The summed E-state index contributed by atoms with van der Waals surface area (Å²) < 4.78 is 20.0. The lowest BCUT2D eigenvalue weighted by molar-refractivity contribution is -0.113. The number of aromatic nitrogens is 5. The summed E-state index contributed by atoms with van der Waals surface area (Å²) in [6.07, 6.45) is 0. The van der Waals surface area contributed by atoms with Gasteiger partial charge < -0.3 is 14.4 Å². The van der Waals surface area contributed by atoms with E-state index in [0.29, 0.717) is 33.1 Å². The normalized spacial score (nSPS) is 10.9. The summed E-state index contributed by atoms with van der Waals surface area (Å²) in [7, 11) is 1.73. The van der Waals surface area contributed by atoms with Crippen LogP contribution >= 0.6 is 23.4 Å². The largest absolute Gasteiger partial charge is 0.330 e. The van der Waals surface area contributed by atoms with Gasteiger partial charge in [-0.2, -0.15) is 4.98 Å². The van der Waals surface area contributed by atoms with Crippen molar-refractivity contribution < 1.29 is 13.7 Å². The highest BCUT2D eigenvalue weighted by Crippen LogP contribution is 2.24. The lowest BCUT2D eigenvalue weighted by atomic mass is 10.2.